The number of nitrogens with one attached hydrogen (secondary N) is 2. The van der Waals surface area contributed by atoms with E-state index in [2.05, 4.69) is 34.3 Å². The monoisotopic (exact) mass is 210 g/mol. The van der Waals surface area contributed by atoms with Crippen LogP contribution in [0.1, 0.15) is 43.1 Å². The highest BCUT2D eigenvalue weighted by Gasteiger charge is 2.12. The van der Waals surface area contributed by atoms with Gasteiger partial charge in [-0.1, -0.05) is 26.7 Å². The Morgan fingerprint density at radius 2 is 2.13 bits per heavy atom. The molecule has 1 heterocycles. The van der Waals surface area contributed by atoms with Crippen LogP contribution >= 0.6 is 0 Å². The highest BCUT2D eigenvalue weighted by Crippen LogP contribution is 2.05. The van der Waals surface area contributed by atoms with Crippen molar-refractivity contribution >= 4 is 5.91 Å². The molecule has 5 nitrogen and oxygen atoms in total. The Labute approximate surface area is 89.7 Å². The van der Waals surface area contributed by atoms with Gasteiger partial charge < -0.3 is 5.32 Å². The number of rotatable bonds is 5. The summed E-state index contributed by atoms with van der Waals surface area (Å²) < 4.78 is 0. The average molecular weight is 210 g/mol. The molecule has 0 spiro atoms. The SMILES string of the molecule is CCC(CC)CNC(=O)c1n[nH]c(C)n1. The topological polar surface area (TPSA) is 70.7 Å². The van der Waals surface area contributed by atoms with Crippen molar-refractivity contribution < 1.29 is 4.79 Å². The third-order valence-corrected chi connectivity index (χ3v) is 2.51. The van der Waals surface area contributed by atoms with Gasteiger partial charge in [-0.2, -0.15) is 0 Å². The predicted molar refractivity (Wildman–Crippen MR) is 57.5 cm³/mol. The molecule has 0 bridgehead atoms. The molecule has 0 saturated heterocycles. The molecule has 0 fully saturated rings. The number of aromatic nitrogens is 3. The van der Waals surface area contributed by atoms with E-state index in [4.69, 9.17) is 0 Å². The minimum absolute atomic E-state index is 0.203. The molecule has 0 atom stereocenters. The van der Waals surface area contributed by atoms with Gasteiger partial charge in [-0.25, -0.2) is 4.98 Å². The van der Waals surface area contributed by atoms with Crippen molar-refractivity contribution in [3.05, 3.63) is 11.6 Å². The lowest BCUT2D eigenvalue weighted by atomic mass is 10.0. The number of aryl methyl sites for hydroxylation is 1. The standard InChI is InChI=1S/C10H18N4O/c1-4-8(5-2)6-11-10(15)9-12-7(3)13-14-9/h8H,4-6H2,1-3H3,(H,11,15)(H,12,13,14). The highest BCUT2D eigenvalue weighted by atomic mass is 16.2. The van der Waals surface area contributed by atoms with Crippen LogP contribution in [-0.2, 0) is 0 Å². The summed E-state index contributed by atoms with van der Waals surface area (Å²) in [6, 6.07) is 0. The number of nitrogens with zero attached hydrogens (tertiary/aromatic N) is 2. The number of hydrogen-bond acceptors (Lipinski definition) is 3. The van der Waals surface area contributed by atoms with E-state index in [1.165, 1.54) is 0 Å². The minimum Gasteiger partial charge on any atom is -0.349 e. The zero-order valence-corrected chi connectivity index (χ0v) is 9.50. The number of amides is 1. The second kappa shape index (κ2) is 5.48. The summed E-state index contributed by atoms with van der Waals surface area (Å²) in [5, 5.41) is 9.27. The smallest absolute Gasteiger partial charge is 0.290 e. The lowest BCUT2D eigenvalue weighted by Gasteiger charge is -2.11. The number of hydrogen-bond donors (Lipinski definition) is 2. The second-order valence-electron chi connectivity index (χ2n) is 3.64. The minimum atomic E-state index is -0.203. The van der Waals surface area contributed by atoms with E-state index in [1.54, 1.807) is 6.92 Å². The molecule has 1 aromatic rings. The average Bonchev–Trinajstić information content (AvgIpc) is 2.66. The van der Waals surface area contributed by atoms with Crippen molar-refractivity contribution in [1.29, 1.82) is 0 Å². The third kappa shape index (κ3) is 3.34. The molecule has 84 valence electrons. The van der Waals surface area contributed by atoms with Gasteiger partial charge in [-0.3, -0.25) is 9.89 Å². The Morgan fingerprint density at radius 1 is 1.47 bits per heavy atom. The summed E-state index contributed by atoms with van der Waals surface area (Å²) >= 11 is 0. The Hall–Kier alpha value is -1.39. The molecule has 0 saturated carbocycles. The van der Waals surface area contributed by atoms with Gasteiger partial charge in [-0.15, -0.1) is 5.10 Å². The van der Waals surface area contributed by atoms with Gasteiger partial charge in [-0.05, 0) is 12.8 Å². The molecular formula is C10H18N4O. The fourth-order valence-corrected chi connectivity index (χ4v) is 1.34. The molecule has 1 aromatic heterocycles. The molecule has 1 amide bonds. The number of H-pyrrole nitrogens is 1. The van der Waals surface area contributed by atoms with Crippen LogP contribution in [0.3, 0.4) is 0 Å². The quantitative estimate of drug-likeness (QED) is 0.769. The summed E-state index contributed by atoms with van der Waals surface area (Å²) in [6.07, 6.45) is 2.15. The molecule has 0 unspecified atom stereocenters. The molecule has 0 aromatic carbocycles. The number of carbonyl (C=O) groups excluding carboxylic acids is 1. The Balaban J connectivity index is 2.42. The first-order valence-electron chi connectivity index (χ1n) is 5.34. The lowest BCUT2D eigenvalue weighted by Crippen LogP contribution is -2.29. The van der Waals surface area contributed by atoms with Crippen LogP contribution in [0.2, 0.25) is 0 Å². The van der Waals surface area contributed by atoms with Crippen molar-refractivity contribution in [1.82, 2.24) is 20.5 Å². The summed E-state index contributed by atoms with van der Waals surface area (Å²) in [5.41, 5.74) is 0. The number of carbonyl (C=O) groups is 1. The van der Waals surface area contributed by atoms with Gasteiger partial charge >= 0.3 is 0 Å². The Kier molecular flexibility index (Phi) is 4.27. The fourth-order valence-electron chi connectivity index (χ4n) is 1.34. The molecule has 15 heavy (non-hydrogen) atoms. The molecule has 0 radical (unpaired) electrons. The van der Waals surface area contributed by atoms with Crippen LogP contribution in [0.4, 0.5) is 0 Å². The third-order valence-electron chi connectivity index (χ3n) is 2.51. The Bertz CT molecular complexity index is 317. The van der Waals surface area contributed by atoms with Crippen molar-refractivity contribution in [2.24, 2.45) is 5.92 Å². The van der Waals surface area contributed by atoms with Crippen molar-refractivity contribution in [2.45, 2.75) is 33.6 Å². The van der Waals surface area contributed by atoms with E-state index in [0.717, 1.165) is 12.8 Å². The zero-order chi connectivity index (χ0) is 11.3. The summed E-state index contributed by atoms with van der Waals surface area (Å²) in [7, 11) is 0. The van der Waals surface area contributed by atoms with Crippen LogP contribution in [-0.4, -0.2) is 27.6 Å². The van der Waals surface area contributed by atoms with Gasteiger partial charge in [0.25, 0.3) is 5.91 Å². The first-order valence-corrected chi connectivity index (χ1v) is 5.34. The largest absolute Gasteiger partial charge is 0.349 e. The van der Waals surface area contributed by atoms with Crippen LogP contribution in [0.5, 0.6) is 0 Å². The van der Waals surface area contributed by atoms with Crippen LogP contribution < -0.4 is 5.32 Å². The molecular weight excluding hydrogens is 192 g/mol. The molecule has 0 aliphatic rings. The van der Waals surface area contributed by atoms with Crippen LogP contribution in [0, 0.1) is 12.8 Å². The summed E-state index contributed by atoms with van der Waals surface area (Å²) in [5.74, 6) is 1.21. The first-order chi connectivity index (χ1) is 7.17. The molecule has 1 rings (SSSR count). The van der Waals surface area contributed by atoms with Gasteiger partial charge in [0.15, 0.2) is 0 Å². The van der Waals surface area contributed by atoms with Crippen LogP contribution in [0.25, 0.3) is 0 Å². The van der Waals surface area contributed by atoms with Gasteiger partial charge in [0.1, 0.15) is 5.82 Å². The van der Waals surface area contributed by atoms with E-state index in [1.807, 2.05) is 0 Å². The van der Waals surface area contributed by atoms with Crippen molar-refractivity contribution in [2.75, 3.05) is 6.54 Å². The normalized spacial score (nSPS) is 10.7. The van der Waals surface area contributed by atoms with E-state index >= 15 is 0 Å². The predicted octanol–water partition coefficient (Wildman–Crippen LogP) is 1.28. The van der Waals surface area contributed by atoms with Gasteiger partial charge in [0, 0.05) is 6.54 Å². The number of aromatic amines is 1. The Morgan fingerprint density at radius 3 is 2.60 bits per heavy atom. The second-order valence-corrected chi connectivity index (χ2v) is 3.64. The maximum Gasteiger partial charge on any atom is 0.290 e. The van der Waals surface area contributed by atoms with E-state index < -0.39 is 0 Å². The maximum absolute atomic E-state index is 11.5. The van der Waals surface area contributed by atoms with Crippen LogP contribution in [0.15, 0.2) is 0 Å². The highest BCUT2D eigenvalue weighted by molar-refractivity contribution is 5.90. The van der Waals surface area contributed by atoms with Crippen molar-refractivity contribution in [3.63, 3.8) is 0 Å². The zero-order valence-electron chi connectivity index (χ0n) is 9.50. The fraction of sp³-hybridized carbons (Fsp3) is 0.700. The van der Waals surface area contributed by atoms with Gasteiger partial charge in [0.05, 0.1) is 0 Å². The molecule has 0 aliphatic carbocycles. The summed E-state index contributed by atoms with van der Waals surface area (Å²) in [6.45, 7) is 6.71. The maximum atomic E-state index is 11.5. The van der Waals surface area contributed by atoms with Crippen molar-refractivity contribution in [3.8, 4) is 0 Å². The molecule has 5 heteroatoms. The van der Waals surface area contributed by atoms with Gasteiger partial charge in [0.2, 0.25) is 5.82 Å². The van der Waals surface area contributed by atoms with E-state index in [9.17, 15) is 4.79 Å². The molecule has 0 aliphatic heterocycles. The van der Waals surface area contributed by atoms with E-state index in [-0.39, 0.29) is 11.7 Å². The lowest BCUT2D eigenvalue weighted by molar-refractivity contribution is 0.0936. The molecule has 2 N–H and O–H groups in total. The summed E-state index contributed by atoms with van der Waals surface area (Å²) in [4.78, 5) is 15.5. The van der Waals surface area contributed by atoms with E-state index in [0.29, 0.717) is 18.3 Å². The first kappa shape index (κ1) is 11.7.